The van der Waals surface area contributed by atoms with Gasteiger partial charge < -0.3 is 14.7 Å². The molecule has 19 heavy (non-hydrogen) atoms. The predicted octanol–water partition coefficient (Wildman–Crippen LogP) is 1.82. The van der Waals surface area contributed by atoms with Crippen molar-refractivity contribution in [1.82, 2.24) is 4.90 Å². The van der Waals surface area contributed by atoms with Crippen LogP contribution in [0.5, 0.6) is 0 Å². The first-order valence-corrected chi connectivity index (χ1v) is 6.42. The van der Waals surface area contributed by atoms with Crippen molar-refractivity contribution in [2.75, 3.05) is 13.7 Å². The zero-order valence-electron chi connectivity index (χ0n) is 12.1. The molecule has 1 rings (SSSR count). The highest BCUT2D eigenvalue weighted by Gasteiger charge is 2.30. The molecule has 1 aromatic carbocycles. The van der Waals surface area contributed by atoms with E-state index in [2.05, 4.69) is 0 Å². The van der Waals surface area contributed by atoms with Gasteiger partial charge in [0.05, 0.1) is 18.8 Å². The smallest absolute Gasteiger partial charge is 0.251 e. The number of amides is 1. The molecular formula is C15H23NO3. The molecule has 0 heterocycles. The number of carbonyl (C=O) groups excluding carboxylic acids is 1. The molecule has 4 heteroatoms. The Labute approximate surface area is 115 Å². The summed E-state index contributed by atoms with van der Waals surface area (Å²) in [6.07, 6.45) is -0.531. The second-order valence-electron chi connectivity index (χ2n) is 5.31. The van der Waals surface area contributed by atoms with Crippen molar-refractivity contribution in [2.45, 2.75) is 39.0 Å². The largest absolute Gasteiger partial charge is 0.394 e. The quantitative estimate of drug-likeness (QED) is 0.853. The third-order valence-corrected chi connectivity index (χ3v) is 3.32. The molecule has 0 bridgehead atoms. The molecular weight excluding hydrogens is 242 g/mol. The number of hydrogen-bond donors (Lipinski definition) is 1. The van der Waals surface area contributed by atoms with Crippen LogP contribution >= 0.6 is 0 Å². The minimum Gasteiger partial charge on any atom is -0.394 e. The van der Waals surface area contributed by atoms with Crippen LogP contribution in [0.2, 0.25) is 0 Å². The third-order valence-electron chi connectivity index (χ3n) is 3.32. The van der Waals surface area contributed by atoms with Crippen molar-refractivity contribution in [3.8, 4) is 0 Å². The second-order valence-corrected chi connectivity index (χ2v) is 5.31. The number of ether oxygens (including phenoxy) is 1. The highest BCUT2D eigenvalue weighted by Crippen LogP contribution is 2.14. The zero-order chi connectivity index (χ0) is 14.5. The summed E-state index contributed by atoms with van der Waals surface area (Å²) in [5.74, 6) is -0.130. The fourth-order valence-electron chi connectivity index (χ4n) is 1.54. The van der Waals surface area contributed by atoms with E-state index in [1.807, 2.05) is 44.2 Å². The van der Waals surface area contributed by atoms with Gasteiger partial charge in [-0.2, -0.15) is 0 Å². The first-order chi connectivity index (χ1) is 8.88. The van der Waals surface area contributed by atoms with Crippen LogP contribution in [0.1, 0.15) is 26.3 Å². The molecule has 0 aliphatic rings. The van der Waals surface area contributed by atoms with Crippen LogP contribution in [0.25, 0.3) is 0 Å². The minimum atomic E-state index is -0.582. The van der Waals surface area contributed by atoms with Gasteiger partial charge in [0.1, 0.15) is 6.10 Å². The Morgan fingerprint density at radius 1 is 1.37 bits per heavy atom. The number of aliphatic hydroxyl groups excluding tert-OH is 1. The van der Waals surface area contributed by atoms with Gasteiger partial charge in [0.15, 0.2) is 0 Å². The highest BCUT2D eigenvalue weighted by molar-refractivity contribution is 5.81. The van der Waals surface area contributed by atoms with Gasteiger partial charge in [-0.05, 0) is 26.3 Å². The van der Waals surface area contributed by atoms with E-state index in [0.29, 0.717) is 6.61 Å². The van der Waals surface area contributed by atoms with Gasteiger partial charge in [0.2, 0.25) is 0 Å². The standard InChI is InChI=1S/C15H23NO3/c1-12(14(18)16(4)15(2,3)11-17)19-10-13-8-6-5-7-9-13/h5-9,12,17H,10-11H2,1-4H3. The predicted molar refractivity (Wildman–Crippen MR) is 74.6 cm³/mol. The summed E-state index contributed by atoms with van der Waals surface area (Å²) in [5.41, 5.74) is 0.452. The fourth-order valence-corrected chi connectivity index (χ4v) is 1.54. The molecule has 106 valence electrons. The first kappa shape index (κ1) is 15.7. The van der Waals surface area contributed by atoms with Crippen LogP contribution in [0, 0.1) is 0 Å². The lowest BCUT2D eigenvalue weighted by Crippen LogP contribution is -2.51. The average molecular weight is 265 g/mol. The molecule has 0 aliphatic carbocycles. The van der Waals surface area contributed by atoms with Crippen LogP contribution in [0.15, 0.2) is 30.3 Å². The minimum absolute atomic E-state index is 0.0827. The molecule has 0 radical (unpaired) electrons. The first-order valence-electron chi connectivity index (χ1n) is 6.42. The number of likely N-dealkylation sites (N-methyl/N-ethyl adjacent to an activating group) is 1. The highest BCUT2D eigenvalue weighted by atomic mass is 16.5. The Balaban J connectivity index is 2.54. The van der Waals surface area contributed by atoms with Crippen LogP contribution in [-0.4, -0.2) is 41.2 Å². The lowest BCUT2D eigenvalue weighted by Gasteiger charge is -2.35. The van der Waals surface area contributed by atoms with Crippen molar-refractivity contribution in [3.05, 3.63) is 35.9 Å². The van der Waals surface area contributed by atoms with Crippen LogP contribution in [0.4, 0.5) is 0 Å². The van der Waals surface area contributed by atoms with Gasteiger partial charge in [-0.1, -0.05) is 30.3 Å². The number of hydrogen-bond acceptors (Lipinski definition) is 3. The Hall–Kier alpha value is -1.39. The Morgan fingerprint density at radius 3 is 2.47 bits per heavy atom. The molecule has 1 unspecified atom stereocenters. The summed E-state index contributed by atoms with van der Waals surface area (Å²) < 4.78 is 5.58. The van der Waals surface area contributed by atoms with Crippen molar-refractivity contribution in [3.63, 3.8) is 0 Å². The third kappa shape index (κ3) is 4.33. The summed E-state index contributed by atoms with van der Waals surface area (Å²) >= 11 is 0. The zero-order valence-corrected chi connectivity index (χ0v) is 12.1. The van der Waals surface area contributed by atoms with Gasteiger partial charge in [0, 0.05) is 7.05 Å². The number of rotatable bonds is 6. The molecule has 1 aromatic rings. The molecule has 4 nitrogen and oxygen atoms in total. The van der Waals surface area contributed by atoms with Gasteiger partial charge in [-0.15, -0.1) is 0 Å². The number of benzene rings is 1. The summed E-state index contributed by atoms with van der Waals surface area (Å²) in [6.45, 7) is 5.68. The van der Waals surface area contributed by atoms with Gasteiger partial charge in [-0.3, -0.25) is 4.79 Å². The van der Waals surface area contributed by atoms with Crippen molar-refractivity contribution in [1.29, 1.82) is 0 Å². The van der Waals surface area contributed by atoms with Crippen molar-refractivity contribution >= 4 is 5.91 Å². The average Bonchev–Trinajstić information content (AvgIpc) is 2.44. The van der Waals surface area contributed by atoms with Crippen molar-refractivity contribution in [2.24, 2.45) is 0 Å². The van der Waals surface area contributed by atoms with E-state index in [-0.39, 0.29) is 12.5 Å². The van der Waals surface area contributed by atoms with E-state index in [1.54, 1.807) is 14.0 Å². The topological polar surface area (TPSA) is 49.8 Å². The summed E-state index contributed by atoms with van der Waals surface area (Å²) in [7, 11) is 1.68. The van der Waals surface area contributed by atoms with Gasteiger partial charge >= 0.3 is 0 Å². The molecule has 0 saturated heterocycles. The van der Waals surface area contributed by atoms with Crippen LogP contribution in [-0.2, 0) is 16.1 Å². The lowest BCUT2D eigenvalue weighted by molar-refractivity contribution is -0.148. The maximum atomic E-state index is 12.2. The lowest BCUT2D eigenvalue weighted by atomic mass is 10.0. The molecule has 1 N–H and O–H groups in total. The summed E-state index contributed by atoms with van der Waals surface area (Å²) in [6, 6.07) is 9.73. The van der Waals surface area contributed by atoms with Crippen LogP contribution < -0.4 is 0 Å². The number of carbonyl (C=O) groups is 1. The molecule has 0 fully saturated rings. The fraction of sp³-hybridized carbons (Fsp3) is 0.533. The van der Waals surface area contributed by atoms with Crippen LogP contribution in [0.3, 0.4) is 0 Å². The van der Waals surface area contributed by atoms with E-state index in [1.165, 1.54) is 4.90 Å². The van der Waals surface area contributed by atoms with E-state index in [4.69, 9.17) is 4.74 Å². The number of nitrogens with zero attached hydrogens (tertiary/aromatic N) is 1. The SMILES string of the molecule is CC(OCc1ccccc1)C(=O)N(C)C(C)(C)CO. The van der Waals surface area contributed by atoms with Crippen molar-refractivity contribution < 1.29 is 14.6 Å². The summed E-state index contributed by atoms with van der Waals surface area (Å²) in [4.78, 5) is 13.7. The summed E-state index contributed by atoms with van der Waals surface area (Å²) in [5, 5.41) is 9.27. The second kappa shape index (κ2) is 6.68. The van der Waals surface area contributed by atoms with E-state index >= 15 is 0 Å². The van der Waals surface area contributed by atoms with E-state index < -0.39 is 11.6 Å². The number of aliphatic hydroxyl groups is 1. The van der Waals surface area contributed by atoms with E-state index in [9.17, 15) is 9.90 Å². The molecule has 0 spiro atoms. The van der Waals surface area contributed by atoms with Gasteiger partial charge in [0.25, 0.3) is 5.91 Å². The van der Waals surface area contributed by atoms with E-state index in [0.717, 1.165) is 5.56 Å². The van der Waals surface area contributed by atoms with Gasteiger partial charge in [-0.25, -0.2) is 0 Å². The Kier molecular flexibility index (Phi) is 5.51. The molecule has 1 amide bonds. The monoisotopic (exact) mass is 265 g/mol. The Morgan fingerprint density at radius 2 is 1.95 bits per heavy atom. The molecule has 1 atom stereocenters. The molecule has 0 saturated carbocycles. The normalized spacial score (nSPS) is 13.1. The Bertz CT molecular complexity index is 403. The maximum absolute atomic E-state index is 12.2. The molecule has 0 aromatic heterocycles. The maximum Gasteiger partial charge on any atom is 0.251 e. The molecule has 0 aliphatic heterocycles.